The van der Waals surface area contributed by atoms with E-state index in [0.29, 0.717) is 29.7 Å². The van der Waals surface area contributed by atoms with E-state index in [4.69, 9.17) is 5.26 Å². The number of halogens is 2. The third-order valence-corrected chi connectivity index (χ3v) is 5.27. The summed E-state index contributed by atoms with van der Waals surface area (Å²) in [5.74, 6) is 0. The number of nitrogens with zero attached hydrogens (tertiary/aromatic N) is 2. The Morgan fingerprint density at radius 2 is 2.00 bits per heavy atom. The molecule has 1 fully saturated rings. The van der Waals surface area contributed by atoms with Gasteiger partial charge in [-0.15, -0.1) is 12.4 Å². The highest BCUT2D eigenvalue weighted by atomic mass is 79.9. The Labute approximate surface area is 133 Å². The molecule has 2 rings (SSSR count). The summed E-state index contributed by atoms with van der Waals surface area (Å²) in [6.07, 6.45) is 0.790. The summed E-state index contributed by atoms with van der Waals surface area (Å²) in [6.45, 7) is 2.44. The van der Waals surface area contributed by atoms with Crippen molar-refractivity contribution in [2.24, 2.45) is 0 Å². The fraction of sp³-hybridized carbons (Fsp3) is 0.417. The van der Waals surface area contributed by atoms with Crippen molar-refractivity contribution in [2.75, 3.05) is 26.2 Å². The number of nitriles is 1. The number of sulfonamides is 1. The summed E-state index contributed by atoms with van der Waals surface area (Å²) in [6, 6.07) is 6.52. The van der Waals surface area contributed by atoms with Crippen LogP contribution in [0.5, 0.6) is 0 Å². The quantitative estimate of drug-likeness (QED) is 0.848. The van der Waals surface area contributed by atoms with Crippen LogP contribution in [0.3, 0.4) is 0 Å². The molecule has 0 amide bonds. The van der Waals surface area contributed by atoms with Crippen LogP contribution in [0, 0.1) is 11.3 Å². The van der Waals surface area contributed by atoms with Gasteiger partial charge in [0.25, 0.3) is 0 Å². The number of hydrogen-bond acceptors (Lipinski definition) is 4. The highest BCUT2D eigenvalue weighted by Gasteiger charge is 2.25. The monoisotopic (exact) mass is 379 g/mol. The van der Waals surface area contributed by atoms with Gasteiger partial charge in [0.05, 0.1) is 16.5 Å². The second kappa shape index (κ2) is 7.38. The number of hydrogen-bond donors (Lipinski definition) is 1. The van der Waals surface area contributed by atoms with E-state index in [0.717, 1.165) is 13.0 Å². The van der Waals surface area contributed by atoms with Crippen LogP contribution < -0.4 is 5.32 Å². The lowest BCUT2D eigenvalue weighted by Gasteiger charge is -2.19. The van der Waals surface area contributed by atoms with Gasteiger partial charge in [-0.1, -0.05) is 15.9 Å². The predicted octanol–water partition coefficient (Wildman–Crippen LogP) is 1.73. The molecule has 0 saturated carbocycles. The zero-order valence-electron chi connectivity index (χ0n) is 10.7. The van der Waals surface area contributed by atoms with Crippen molar-refractivity contribution in [1.29, 1.82) is 5.26 Å². The molecule has 110 valence electrons. The van der Waals surface area contributed by atoms with Gasteiger partial charge in [-0.25, -0.2) is 8.42 Å². The first-order valence-electron chi connectivity index (χ1n) is 5.95. The van der Waals surface area contributed by atoms with Crippen molar-refractivity contribution >= 4 is 38.4 Å². The van der Waals surface area contributed by atoms with Crippen LogP contribution in [0.2, 0.25) is 0 Å². The molecule has 0 radical (unpaired) electrons. The van der Waals surface area contributed by atoms with Crippen LogP contribution in [0.25, 0.3) is 0 Å². The van der Waals surface area contributed by atoms with Gasteiger partial charge >= 0.3 is 0 Å². The number of nitrogens with one attached hydrogen (secondary N) is 1. The molecule has 0 unspecified atom stereocenters. The van der Waals surface area contributed by atoms with Crippen molar-refractivity contribution < 1.29 is 8.42 Å². The first-order valence-corrected chi connectivity index (χ1v) is 8.19. The van der Waals surface area contributed by atoms with Gasteiger partial charge in [0, 0.05) is 24.1 Å². The average molecular weight is 381 g/mol. The van der Waals surface area contributed by atoms with Gasteiger partial charge in [0.1, 0.15) is 0 Å². The standard InChI is InChI=1S/C12H14BrN3O2S.ClH/c13-11-6-10(9-14)7-12(8-11)19(17,18)16-4-1-2-15-3-5-16;/h6-8,15H,1-5H2;1H. The number of benzene rings is 1. The maximum absolute atomic E-state index is 12.5. The first-order chi connectivity index (χ1) is 9.04. The molecule has 1 aromatic rings. The molecule has 1 aromatic carbocycles. The Morgan fingerprint density at radius 3 is 2.70 bits per heavy atom. The molecule has 20 heavy (non-hydrogen) atoms. The van der Waals surface area contributed by atoms with E-state index in [2.05, 4.69) is 21.2 Å². The van der Waals surface area contributed by atoms with Gasteiger partial charge in [-0.2, -0.15) is 9.57 Å². The van der Waals surface area contributed by atoms with E-state index in [1.165, 1.54) is 16.4 Å². The topological polar surface area (TPSA) is 73.2 Å². The zero-order valence-corrected chi connectivity index (χ0v) is 13.9. The fourth-order valence-electron chi connectivity index (χ4n) is 1.99. The van der Waals surface area contributed by atoms with Crippen LogP contribution in [-0.2, 0) is 10.0 Å². The molecule has 1 aliphatic rings. The molecule has 1 aliphatic heterocycles. The average Bonchev–Trinajstić information content (AvgIpc) is 2.67. The van der Waals surface area contributed by atoms with E-state index in [1.807, 2.05) is 6.07 Å². The van der Waals surface area contributed by atoms with E-state index in [9.17, 15) is 8.42 Å². The van der Waals surface area contributed by atoms with E-state index < -0.39 is 10.0 Å². The summed E-state index contributed by atoms with van der Waals surface area (Å²) in [7, 11) is -3.53. The molecular formula is C12H15BrClN3O2S. The molecule has 1 saturated heterocycles. The van der Waals surface area contributed by atoms with Crippen LogP contribution in [0.1, 0.15) is 12.0 Å². The second-order valence-electron chi connectivity index (χ2n) is 4.30. The Bertz CT molecular complexity index is 608. The first kappa shape index (κ1) is 17.4. The van der Waals surface area contributed by atoms with Crippen molar-refractivity contribution in [3.8, 4) is 6.07 Å². The summed E-state index contributed by atoms with van der Waals surface area (Å²) in [5, 5.41) is 12.1. The summed E-state index contributed by atoms with van der Waals surface area (Å²) < 4.78 is 27.1. The van der Waals surface area contributed by atoms with Crippen molar-refractivity contribution in [3.63, 3.8) is 0 Å². The van der Waals surface area contributed by atoms with Gasteiger partial charge < -0.3 is 5.32 Å². The molecule has 0 atom stereocenters. The van der Waals surface area contributed by atoms with E-state index >= 15 is 0 Å². The normalized spacial score (nSPS) is 16.8. The minimum absolute atomic E-state index is 0. The Morgan fingerprint density at radius 1 is 1.25 bits per heavy atom. The van der Waals surface area contributed by atoms with E-state index in [1.54, 1.807) is 6.07 Å². The Balaban J connectivity index is 0.00000200. The summed E-state index contributed by atoms with van der Waals surface area (Å²) in [4.78, 5) is 0.167. The molecule has 1 N–H and O–H groups in total. The van der Waals surface area contributed by atoms with Crippen LogP contribution >= 0.6 is 28.3 Å². The molecule has 0 spiro atoms. The largest absolute Gasteiger partial charge is 0.315 e. The maximum Gasteiger partial charge on any atom is 0.243 e. The minimum Gasteiger partial charge on any atom is -0.315 e. The predicted molar refractivity (Wildman–Crippen MR) is 82.4 cm³/mol. The molecule has 0 bridgehead atoms. The van der Waals surface area contributed by atoms with Gasteiger partial charge in [-0.05, 0) is 31.2 Å². The number of rotatable bonds is 2. The van der Waals surface area contributed by atoms with Crippen molar-refractivity contribution in [3.05, 3.63) is 28.2 Å². The third-order valence-electron chi connectivity index (χ3n) is 2.94. The summed E-state index contributed by atoms with van der Waals surface area (Å²) >= 11 is 3.24. The lowest BCUT2D eigenvalue weighted by Crippen LogP contribution is -2.34. The highest BCUT2D eigenvalue weighted by molar-refractivity contribution is 9.10. The van der Waals surface area contributed by atoms with Crippen molar-refractivity contribution in [2.45, 2.75) is 11.3 Å². The molecule has 1 heterocycles. The lowest BCUT2D eigenvalue weighted by atomic mass is 10.2. The Hall–Kier alpha value is -0.650. The van der Waals surface area contributed by atoms with Crippen LogP contribution in [-0.4, -0.2) is 38.9 Å². The molecule has 0 aromatic heterocycles. The lowest BCUT2D eigenvalue weighted by molar-refractivity contribution is 0.432. The second-order valence-corrected chi connectivity index (χ2v) is 7.15. The van der Waals surface area contributed by atoms with Gasteiger partial charge in [-0.3, -0.25) is 0 Å². The van der Waals surface area contributed by atoms with E-state index in [-0.39, 0.29) is 17.3 Å². The smallest absolute Gasteiger partial charge is 0.243 e. The van der Waals surface area contributed by atoms with Gasteiger partial charge in [0.2, 0.25) is 10.0 Å². The molecular weight excluding hydrogens is 366 g/mol. The zero-order chi connectivity index (χ0) is 13.9. The van der Waals surface area contributed by atoms with Gasteiger partial charge in [0.15, 0.2) is 0 Å². The summed E-state index contributed by atoms with van der Waals surface area (Å²) in [5.41, 5.74) is 0.334. The van der Waals surface area contributed by atoms with Crippen molar-refractivity contribution in [1.82, 2.24) is 9.62 Å². The molecule has 8 heteroatoms. The molecule has 0 aliphatic carbocycles. The molecule has 5 nitrogen and oxygen atoms in total. The maximum atomic E-state index is 12.5. The third kappa shape index (κ3) is 3.93. The Kier molecular flexibility index (Phi) is 6.43. The van der Waals surface area contributed by atoms with Crippen LogP contribution in [0.4, 0.5) is 0 Å². The van der Waals surface area contributed by atoms with Crippen LogP contribution in [0.15, 0.2) is 27.6 Å². The minimum atomic E-state index is -3.53. The SMILES string of the molecule is Cl.N#Cc1cc(Br)cc(S(=O)(=O)N2CCCNCC2)c1. The fourth-order valence-corrected chi connectivity index (χ4v) is 4.18. The highest BCUT2D eigenvalue weighted by Crippen LogP contribution is 2.22.